The van der Waals surface area contributed by atoms with Crippen molar-refractivity contribution in [3.8, 4) is 16.9 Å². The Balaban J connectivity index is 1.28. The van der Waals surface area contributed by atoms with Crippen molar-refractivity contribution in [2.24, 2.45) is 0 Å². The molecule has 178 valence electrons. The molecular weight excluding hydrogens is 438 g/mol. The molecule has 4 rings (SSSR count). The van der Waals surface area contributed by atoms with Crippen LogP contribution in [0.1, 0.15) is 17.7 Å². The number of pyridine rings is 1. The van der Waals surface area contributed by atoms with Gasteiger partial charge in [-0.15, -0.1) is 0 Å². The van der Waals surface area contributed by atoms with Crippen LogP contribution in [-0.2, 0) is 22.4 Å². The summed E-state index contributed by atoms with van der Waals surface area (Å²) in [4.78, 5) is 18.9. The number of rotatable bonds is 10. The second-order valence-corrected chi connectivity index (χ2v) is 8.33. The molecular formula is C27H28F2N2O3. The molecule has 1 aliphatic heterocycles. The van der Waals surface area contributed by atoms with Crippen molar-refractivity contribution >= 4 is 5.78 Å². The third kappa shape index (κ3) is 6.92. The summed E-state index contributed by atoms with van der Waals surface area (Å²) < 4.78 is 39.0. The highest BCUT2D eigenvalue weighted by atomic mass is 19.1. The van der Waals surface area contributed by atoms with Crippen molar-refractivity contribution < 1.29 is 23.0 Å². The number of Topliss-reactive ketones (excluding diaryl/α,β-unsaturated/α-hetero) is 1. The average Bonchev–Trinajstić information content (AvgIpc) is 2.84. The topological polar surface area (TPSA) is 51.7 Å². The monoisotopic (exact) mass is 466 g/mol. The molecule has 2 aromatic carbocycles. The van der Waals surface area contributed by atoms with Crippen LogP contribution in [-0.4, -0.2) is 55.1 Å². The lowest BCUT2D eigenvalue weighted by atomic mass is 10.0. The molecule has 1 fully saturated rings. The fourth-order valence-corrected chi connectivity index (χ4v) is 3.89. The van der Waals surface area contributed by atoms with Crippen LogP contribution in [0.2, 0.25) is 0 Å². The lowest BCUT2D eigenvalue weighted by Gasteiger charge is -2.26. The molecule has 0 saturated carbocycles. The van der Waals surface area contributed by atoms with Gasteiger partial charge in [0.05, 0.1) is 13.2 Å². The molecule has 34 heavy (non-hydrogen) atoms. The quantitative estimate of drug-likeness (QED) is 0.441. The molecule has 0 amide bonds. The summed E-state index contributed by atoms with van der Waals surface area (Å²) in [5, 5.41) is 0. The zero-order valence-corrected chi connectivity index (χ0v) is 19.0. The highest BCUT2D eigenvalue weighted by molar-refractivity contribution is 5.80. The van der Waals surface area contributed by atoms with Gasteiger partial charge in [0.2, 0.25) is 0 Å². The van der Waals surface area contributed by atoms with Gasteiger partial charge in [0.1, 0.15) is 29.8 Å². The van der Waals surface area contributed by atoms with Crippen LogP contribution in [0.3, 0.4) is 0 Å². The molecule has 0 spiro atoms. The Kier molecular flexibility index (Phi) is 8.33. The maximum atomic E-state index is 14.7. The summed E-state index contributed by atoms with van der Waals surface area (Å²) in [7, 11) is 0. The number of hydrogen-bond donors (Lipinski definition) is 0. The van der Waals surface area contributed by atoms with Gasteiger partial charge < -0.3 is 9.47 Å². The fraction of sp³-hybridized carbons (Fsp3) is 0.333. The number of ketones is 1. The fourth-order valence-electron chi connectivity index (χ4n) is 3.89. The van der Waals surface area contributed by atoms with Gasteiger partial charge in [-0.25, -0.2) is 8.78 Å². The summed E-state index contributed by atoms with van der Waals surface area (Å²) in [6, 6.07) is 14.6. The predicted molar refractivity (Wildman–Crippen MR) is 126 cm³/mol. The zero-order valence-electron chi connectivity index (χ0n) is 19.0. The Hall–Kier alpha value is -3.16. The third-order valence-electron chi connectivity index (χ3n) is 5.82. The first-order valence-electron chi connectivity index (χ1n) is 11.5. The number of carbonyl (C=O) groups excluding carboxylic acids is 1. The number of morpholine rings is 1. The molecule has 0 N–H and O–H groups in total. The molecule has 0 aliphatic carbocycles. The summed E-state index contributed by atoms with van der Waals surface area (Å²) in [5.41, 5.74) is 2.47. The number of benzene rings is 2. The van der Waals surface area contributed by atoms with E-state index in [2.05, 4.69) is 9.88 Å². The summed E-state index contributed by atoms with van der Waals surface area (Å²) in [6.45, 7) is 4.51. The first-order valence-corrected chi connectivity index (χ1v) is 11.5. The second kappa shape index (κ2) is 11.8. The number of ether oxygens (including phenoxy) is 2. The van der Waals surface area contributed by atoms with Crippen molar-refractivity contribution in [3.05, 3.63) is 83.7 Å². The normalized spacial score (nSPS) is 14.2. The van der Waals surface area contributed by atoms with Crippen LogP contribution in [0.15, 0.2) is 60.8 Å². The standard InChI is InChI=1S/C27H28F2N2O3/c28-22-3-1-2-20(16-22)4-7-24(32)17-23-6-5-21(19-30-23)26-9-8-25(18-27(26)29)34-15-12-31-10-13-33-14-11-31/h1-3,5-6,8-9,16,18-19H,4,7,10-15,17H2. The van der Waals surface area contributed by atoms with Gasteiger partial charge in [0, 0.05) is 61.6 Å². The van der Waals surface area contributed by atoms with Crippen LogP contribution in [0, 0.1) is 11.6 Å². The number of carbonyl (C=O) groups is 1. The lowest BCUT2D eigenvalue weighted by Crippen LogP contribution is -2.38. The largest absolute Gasteiger partial charge is 0.492 e. The van der Waals surface area contributed by atoms with Crippen LogP contribution in [0.25, 0.3) is 11.1 Å². The number of halogens is 2. The molecule has 0 atom stereocenters. The molecule has 0 bridgehead atoms. The van der Waals surface area contributed by atoms with Crippen molar-refractivity contribution in [2.75, 3.05) is 39.5 Å². The van der Waals surface area contributed by atoms with E-state index >= 15 is 0 Å². The lowest BCUT2D eigenvalue weighted by molar-refractivity contribution is -0.118. The van der Waals surface area contributed by atoms with Crippen molar-refractivity contribution in [2.45, 2.75) is 19.3 Å². The molecule has 3 aromatic rings. The minimum atomic E-state index is -0.385. The summed E-state index contributed by atoms with van der Waals surface area (Å²) in [5.74, 6) is -0.177. The van der Waals surface area contributed by atoms with Gasteiger partial charge in [-0.05, 0) is 42.3 Å². The summed E-state index contributed by atoms with van der Waals surface area (Å²) in [6.07, 6.45) is 2.57. The Morgan fingerprint density at radius 2 is 1.91 bits per heavy atom. The van der Waals surface area contributed by atoms with Crippen molar-refractivity contribution in [1.29, 1.82) is 0 Å². The van der Waals surface area contributed by atoms with Crippen LogP contribution >= 0.6 is 0 Å². The minimum Gasteiger partial charge on any atom is -0.492 e. The molecule has 1 saturated heterocycles. The van der Waals surface area contributed by atoms with Gasteiger partial charge in [-0.2, -0.15) is 0 Å². The molecule has 1 aliphatic rings. The first-order chi connectivity index (χ1) is 16.6. The summed E-state index contributed by atoms with van der Waals surface area (Å²) >= 11 is 0. The van der Waals surface area contributed by atoms with E-state index in [1.54, 1.807) is 42.6 Å². The second-order valence-electron chi connectivity index (χ2n) is 8.33. The zero-order chi connectivity index (χ0) is 23.8. The van der Waals surface area contributed by atoms with Crippen LogP contribution in [0.4, 0.5) is 8.78 Å². The van der Waals surface area contributed by atoms with E-state index in [4.69, 9.17) is 9.47 Å². The van der Waals surface area contributed by atoms with E-state index in [9.17, 15) is 13.6 Å². The maximum Gasteiger partial charge on any atom is 0.139 e. The molecule has 5 nitrogen and oxygen atoms in total. The predicted octanol–water partition coefficient (Wildman–Crippen LogP) is 4.48. The average molecular weight is 467 g/mol. The van der Waals surface area contributed by atoms with Gasteiger partial charge in [-0.3, -0.25) is 14.7 Å². The van der Waals surface area contributed by atoms with Gasteiger partial charge in [0.15, 0.2) is 0 Å². The number of hydrogen-bond acceptors (Lipinski definition) is 5. The van der Waals surface area contributed by atoms with Crippen LogP contribution < -0.4 is 4.74 Å². The van der Waals surface area contributed by atoms with Gasteiger partial charge >= 0.3 is 0 Å². The number of aromatic nitrogens is 1. The van der Waals surface area contributed by atoms with Crippen molar-refractivity contribution in [1.82, 2.24) is 9.88 Å². The van der Waals surface area contributed by atoms with E-state index in [0.717, 1.165) is 38.4 Å². The Morgan fingerprint density at radius 3 is 2.65 bits per heavy atom. The van der Waals surface area contributed by atoms with E-state index < -0.39 is 0 Å². The van der Waals surface area contributed by atoms with E-state index in [-0.39, 0.29) is 23.8 Å². The minimum absolute atomic E-state index is 0.0225. The molecule has 0 unspecified atom stereocenters. The molecule has 7 heteroatoms. The highest BCUT2D eigenvalue weighted by Crippen LogP contribution is 2.26. The van der Waals surface area contributed by atoms with Crippen LogP contribution in [0.5, 0.6) is 5.75 Å². The van der Waals surface area contributed by atoms with Gasteiger partial charge in [-0.1, -0.05) is 18.2 Å². The molecule has 0 radical (unpaired) electrons. The number of aryl methyl sites for hydroxylation is 1. The Morgan fingerprint density at radius 1 is 1.06 bits per heavy atom. The molecule has 2 heterocycles. The van der Waals surface area contributed by atoms with Gasteiger partial charge in [0.25, 0.3) is 0 Å². The van der Waals surface area contributed by atoms with E-state index in [1.165, 1.54) is 18.2 Å². The maximum absolute atomic E-state index is 14.7. The smallest absolute Gasteiger partial charge is 0.139 e. The van der Waals surface area contributed by atoms with E-state index in [1.807, 2.05) is 0 Å². The van der Waals surface area contributed by atoms with E-state index in [0.29, 0.717) is 42.0 Å². The van der Waals surface area contributed by atoms with Crippen molar-refractivity contribution in [3.63, 3.8) is 0 Å². The Bertz CT molecular complexity index is 1100. The Labute approximate surface area is 198 Å². The SMILES string of the molecule is O=C(CCc1cccc(F)c1)Cc1ccc(-c2ccc(OCCN3CCOCC3)cc2F)cn1. The molecule has 1 aromatic heterocycles. The highest BCUT2D eigenvalue weighted by Gasteiger charge is 2.12. The first kappa shape index (κ1) is 24.0. The number of nitrogens with zero attached hydrogens (tertiary/aromatic N) is 2. The third-order valence-corrected chi connectivity index (χ3v) is 5.82.